The Bertz CT molecular complexity index is 1430. The van der Waals surface area contributed by atoms with Crippen molar-refractivity contribution in [2.75, 3.05) is 12.0 Å². The number of ether oxygens (including phenoxy) is 1. The Hall–Kier alpha value is -4.46. The number of nitrogens with one attached hydrogen (secondary N) is 1. The second-order valence-electron chi connectivity index (χ2n) is 8.44. The first-order chi connectivity index (χ1) is 17.5. The van der Waals surface area contributed by atoms with Crippen LogP contribution < -0.4 is 15.0 Å². The maximum atomic E-state index is 13.7. The molecule has 1 N–H and O–H groups in total. The van der Waals surface area contributed by atoms with Crippen molar-refractivity contribution in [2.24, 2.45) is 0 Å². The summed E-state index contributed by atoms with van der Waals surface area (Å²) in [4.78, 5) is 19.6. The molecule has 0 saturated heterocycles. The van der Waals surface area contributed by atoms with Crippen molar-refractivity contribution >= 4 is 17.3 Å². The molecule has 0 saturated carbocycles. The van der Waals surface area contributed by atoms with Crippen LogP contribution in [0, 0.1) is 5.82 Å². The fourth-order valence-corrected chi connectivity index (χ4v) is 4.34. The van der Waals surface area contributed by atoms with E-state index in [4.69, 9.17) is 9.26 Å². The maximum absolute atomic E-state index is 13.7. The van der Waals surface area contributed by atoms with Gasteiger partial charge in [0.2, 0.25) is 5.82 Å². The third-order valence-electron chi connectivity index (χ3n) is 6.27. The highest BCUT2D eigenvalue weighted by Gasteiger charge is 2.36. The number of carbonyl (C=O) groups excluding carboxylic acids is 1. The molecule has 1 aliphatic heterocycles. The van der Waals surface area contributed by atoms with Gasteiger partial charge in [-0.05, 0) is 73.0 Å². The lowest BCUT2D eigenvalue weighted by Crippen LogP contribution is -2.46. The molecule has 2 heterocycles. The number of hydrogen-bond donors (Lipinski definition) is 1. The zero-order valence-electron chi connectivity index (χ0n) is 20.2. The average Bonchev–Trinajstić information content (AvgIpc) is 3.39. The molecule has 3 aromatic carbocycles. The van der Waals surface area contributed by atoms with Crippen LogP contribution in [-0.4, -0.2) is 23.3 Å². The van der Waals surface area contributed by atoms with Crippen LogP contribution in [0.2, 0.25) is 0 Å². The number of aromatic nitrogens is 2. The van der Waals surface area contributed by atoms with Crippen LogP contribution >= 0.6 is 0 Å². The number of halogens is 1. The third kappa shape index (κ3) is 4.33. The molecule has 1 atom stereocenters. The fraction of sp³-hybridized carbons (Fsp3) is 0.179. The molecule has 0 bridgehead atoms. The molecule has 182 valence electrons. The van der Waals surface area contributed by atoms with Gasteiger partial charge in [-0.1, -0.05) is 36.3 Å². The van der Waals surface area contributed by atoms with E-state index in [0.717, 1.165) is 29.0 Å². The number of aryl methyl sites for hydroxylation is 1. The summed E-state index contributed by atoms with van der Waals surface area (Å²) in [6.07, 6.45) is 0.839. The lowest BCUT2D eigenvalue weighted by atomic mass is 9.94. The van der Waals surface area contributed by atoms with E-state index in [-0.39, 0.29) is 17.7 Å². The normalized spacial score (nSPS) is 15.7. The van der Waals surface area contributed by atoms with Gasteiger partial charge >= 0.3 is 6.03 Å². The second-order valence-corrected chi connectivity index (χ2v) is 8.44. The van der Waals surface area contributed by atoms with Crippen LogP contribution in [0.1, 0.15) is 36.9 Å². The minimum absolute atomic E-state index is 0.268. The number of anilines is 1. The summed E-state index contributed by atoms with van der Waals surface area (Å²) in [6, 6.07) is 20.2. The molecule has 0 aliphatic carbocycles. The molecule has 36 heavy (non-hydrogen) atoms. The van der Waals surface area contributed by atoms with Gasteiger partial charge in [0.25, 0.3) is 5.89 Å². The zero-order valence-corrected chi connectivity index (χ0v) is 20.2. The van der Waals surface area contributed by atoms with Gasteiger partial charge in [0.15, 0.2) is 0 Å². The lowest BCUT2D eigenvalue weighted by Gasteiger charge is -2.35. The van der Waals surface area contributed by atoms with Crippen LogP contribution in [0.25, 0.3) is 17.0 Å². The van der Waals surface area contributed by atoms with E-state index in [0.29, 0.717) is 22.7 Å². The quantitative estimate of drug-likeness (QED) is 0.355. The van der Waals surface area contributed by atoms with Crippen LogP contribution in [0.4, 0.5) is 14.9 Å². The molecule has 2 amide bonds. The lowest BCUT2D eigenvalue weighted by molar-refractivity contribution is 0.244. The Balaban J connectivity index is 1.63. The second kappa shape index (κ2) is 9.65. The van der Waals surface area contributed by atoms with Crippen molar-refractivity contribution in [3.8, 4) is 17.1 Å². The van der Waals surface area contributed by atoms with Gasteiger partial charge in [0.1, 0.15) is 11.6 Å². The minimum Gasteiger partial charge on any atom is -0.497 e. The van der Waals surface area contributed by atoms with Crippen molar-refractivity contribution in [1.82, 2.24) is 15.5 Å². The van der Waals surface area contributed by atoms with Gasteiger partial charge in [0, 0.05) is 11.3 Å². The van der Waals surface area contributed by atoms with E-state index < -0.39 is 6.04 Å². The molecule has 1 aromatic heterocycles. The van der Waals surface area contributed by atoms with E-state index in [2.05, 4.69) is 22.4 Å². The molecule has 5 rings (SSSR count). The van der Waals surface area contributed by atoms with E-state index >= 15 is 0 Å². The van der Waals surface area contributed by atoms with Crippen LogP contribution in [0.15, 0.2) is 83.0 Å². The number of methoxy groups -OCH3 is 1. The van der Waals surface area contributed by atoms with Gasteiger partial charge in [0.05, 0.1) is 24.4 Å². The van der Waals surface area contributed by atoms with E-state index in [1.54, 1.807) is 24.1 Å². The van der Waals surface area contributed by atoms with Gasteiger partial charge < -0.3 is 14.6 Å². The summed E-state index contributed by atoms with van der Waals surface area (Å²) in [5.74, 6) is 1.03. The predicted octanol–water partition coefficient (Wildman–Crippen LogP) is 6.15. The monoisotopic (exact) mass is 484 g/mol. The van der Waals surface area contributed by atoms with Crippen molar-refractivity contribution in [3.63, 3.8) is 0 Å². The Morgan fingerprint density at radius 2 is 1.83 bits per heavy atom. The first-order valence-electron chi connectivity index (χ1n) is 11.6. The van der Waals surface area contributed by atoms with Crippen molar-refractivity contribution in [1.29, 1.82) is 0 Å². The Kier molecular flexibility index (Phi) is 6.25. The van der Waals surface area contributed by atoms with Crippen molar-refractivity contribution < 1.29 is 18.4 Å². The first-order valence-corrected chi connectivity index (χ1v) is 11.6. The van der Waals surface area contributed by atoms with Gasteiger partial charge in [-0.3, -0.25) is 4.90 Å². The molecule has 4 aromatic rings. The zero-order chi connectivity index (χ0) is 25.2. The topological polar surface area (TPSA) is 80.5 Å². The van der Waals surface area contributed by atoms with Crippen LogP contribution in [-0.2, 0) is 6.42 Å². The fourth-order valence-electron chi connectivity index (χ4n) is 4.34. The molecule has 0 radical (unpaired) electrons. The summed E-state index contributed by atoms with van der Waals surface area (Å²) in [7, 11) is 1.60. The number of urea groups is 1. The summed E-state index contributed by atoms with van der Waals surface area (Å²) in [5.41, 5.74) is 4.57. The highest BCUT2D eigenvalue weighted by atomic mass is 19.1. The first kappa shape index (κ1) is 23.3. The summed E-state index contributed by atoms with van der Waals surface area (Å²) < 4.78 is 24.6. The van der Waals surface area contributed by atoms with Crippen molar-refractivity contribution in [2.45, 2.75) is 26.3 Å². The summed E-state index contributed by atoms with van der Waals surface area (Å²) in [5, 5.41) is 7.23. The number of nitrogens with zero attached hydrogens (tertiary/aromatic N) is 3. The van der Waals surface area contributed by atoms with Crippen LogP contribution in [0.5, 0.6) is 5.75 Å². The van der Waals surface area contributed by atoms with E-state index in [9.17, 15) is 9.18 Å². The van der Waals surface area contributed by atoms with E-state index in [1.165, 1.54) is 12.1 Å². The largest absolute Gasteiger partial charge is 0.497 e. The molecule has 1 unspecified atom stereocenters. The molecule has 0 fully saturated rings. The Morgan fingerprint density at radius 3 is 2.53 bits per heavy atom. The Morgan fingerprint density at radius 1 is 1.08 bits per heavy atom. The molecular weight excluding hydrogens is 459 g/mol. The molecule has 7 nitrogen and oxygen atoms in total. The number of carbonyl (C=O) groups is 1. The van der Waals surface area contributed by atoms with Gasteiger partial charge in [-0.2, -0.15) is 4.98 Å². The summed E-state index contributed by atoms with van der Waals surface area (Å²) in [6.45, 7) is 3.91. The third-order valence-corrected chi connectivity index (χ3v) is 6.27. The highest BCUT2D eigenvalue weighted by molar-refractivity contribution is 6.01. The van der Waals surface area contributed by atoms with Crippen LogP contribution in [0.3, 0.4) is 0 Å². The number of rotatable bonds is 6. The average molecular weight is 485 g/mol. The SMILES string of the molecule is CCc1cccc(N2C(=O)NC(c3ccc(F)cc3)C(c3nc(-c4ccc(OC)cc4)no3)=C2C)c1. The minimum atomic E-state index is -0.604. The number of amides is 2. The van der Waals surface area contributed by atoms with Gasteiger partial charge in [-0.15, -0.1) is 0 Å². The molecule has 8 heteroatoms. The highest BCUT2D eigenvalue weighted by Crippen LogP contribution is 2.39. The molecular formula is C28H25FN4O3. The molecule has 1 aliphatic rings. The smallest absolute Gasteiger partial charge is 0.326 e. The predicted molar refractivity (Wildman–Crippen MR) is 135 cm³/mol. The standard InChI is InChI=1S/C28H25FN4O3/c1-4-18-6-5-7-22(16-18)33-17(2)24(25(30-28(33)34)19-8-12-21(29)13-9-19)27-31-26(32-36-27)20-10-14-23(35-3)15-11-20/h5-16,25H,4H2,1-3H3,(H,30,34). The summed E-state index contributed by atoms with van der Waals surface area (Å²) >= 11 is 0. The number of hydrogen-bond acceptors (Lipinski definition) is 5. The maximum Gasteiger partial charge on any atom is 0.326 e. The Labute approximate surface area is 208 Å². The van der Waals surface area contributed by atoms with E-state index in [1.807, 2.05) is 55.5 Å². The molecule has 0 spiro atoms. The number of allylic oxidation sites excluding steroid dienone is 1. The van der Waals surface area contributed by atoms with Crippen molar-refractivity contribution in [3.05, 3.63) is 101 Å². The number of benzene rings is 3. The van der Waals surface area contributed by atoms with Gasteiger partial charge in [-0.25, -0.2) is 9.18 Å².